The average molecular weight is 212 g/mol. The molecule has 2 N–H and O–H groups in total. The molecule has 2 aromatic carbocycles. The van der Waals surface area contributed by atoms with Crippen molar-refractivity contribution >= 4 is 22.1 Å². The van der Waals surface area contributed by atoms with Gasteiger partial charge >= 0.3 is 0 Å². The zero-order valence-electron chi connectivity index (χ0n) is 8.25. The number of hydrogen-bond acceptors (Lipinski definition) is 4. The molecule has 0 bridgehead atoms. The fourth-order valence-electron chi connectivity index (χ4n) is 1.69. The molecule has 0 aliphatic carbocycles. The predicted octanol–water partition coefficient (Wildman–Crippen LogP) is 2.19. The number of hydrogen-bond donors (Lipinski definition) is 2. The van der Waals surface area contributed by atoms with Crippen LogP contribution in [0, 0.1) is 0 Å². The summed E-state index contributed by atoms with van der Waals surface area (Å²) >= 11 is 0. The Bertz CT molecular complexity index is 695. The summed E-state index contributed by atoms with van der Waals surface area (Å²) in [6.07, 6.45) is 0. The lowest BCUT2D eigenvalue weighted by atomic mass is 10.2. The van der Waals surface area contributed by atoms with E-state index in [9.17, 15) is 10.2 Å². The predicted molar refractivity (Wildman–Crippen MR) is 60.4 cm³/mol. The lowest BCUT2D eigenvalue weighted by Crippen LogP contribution is -1.87. The number of aromatic hydroxyl groups is 2. The summed E-state index contributed by atoms with van der Waals surface area (Å²) in [5, 5.41) is 19.0. The minimum Gasteiger partial charge on any atom is -0.508 e. The van der Waals surface area contributed by atoms with Crippen LogP contribution in [0.5, 0.6) is 11.5 Å². The van der Waals surface area contributed by atoms with Gasteiger partial charge in [-0.2, -0.15) is 0 Å². The van der Waals surface area contributed by atoms with Gasteiger partial charge in [0.15, 0.2) is 0 Å². The van der Waals surface area contributed by atoms with Gasteiger partial charge in [-0.15, -0.1) is 0 Å². The third-order valence-electron chi connectivity index (χ3n) is 2.41. The quantitative estimate of drug-likeness (QED) is 0.560. The number of aromatic nitrogens is 2. The Balaban J connectivity index is 2.51. The first-order valence-electron chi connectivity index (χ1n) is 4.82. The third-order valence-corrected chi connectivity index (χ3v) is 2.41. The van der Waals surface area contributed by atoms with E-state index in [1.807, 2.05) is 24.3 Å². The zero-order chi connectivity index (χ0) is 11.1. The van der Waals surface area contributed by atoms with Crippen molar-refractivity contribution in [1.82, 2.24) is 9.97 Å². The van der Waals surface area contributed by atoms with Gasteiger partial charge in [0, 0.05) is 12.1 Å². The van der Waals surface area contributed by atoms with Gasteiger partial charge in [-0.25, -0.2) is 9.97 Å². The number of para-hydroxylation sites is 2. The minimum absolute atomic E-state index is 0.0189. The SMILES string of the molecule is Oc1cc(O)c2nc3ccccc3nc2c1. The van der Waals surface area contributed by atoms with E-state index < -0.39 is 0 Å². The fourth-order valence-corrected chi connectivity index (χ4v) is 1.69. The number of phenols is 2. The van der Waals surface area contributed by atoms with Gasteiger partial charge in [0.25, 0.3) is 0 Å². The Kier molecular flexibility index (Phi) is 1.71. The summed E-state index contributed by atoms with van der Waals surface area (Å²) in [5.74, 6) is -0.0807. The zero-order valence-corrected chi connectivity index (χ0v) is 8.25. The molecule has 1 aromatic heterocycles. The largest absolute Gasteiger partial charge is 0.508 e. The highest BCUT2D eigenvalue weighted by atomic mass is 16.3. The third kappa shape index (κ3) is 1.24. The molecule has 78 valence electrons. The monoisotopic (exact) mass is 212 g/mol. The molecule has 0 radical (unpaired) electrons. The van der Waals surface area contributed by atoms with Crippen LogP contribution in [0.1, 0.15) is 0 Å². The molecule has 4 nitrogen and oxygen atoms in total. The van der Waals surface area contributed by atoms with Crippen molar-refractivity contribution in [2.45, 2.75) is 0 Å². The first-order valence-corrected chi connectivity index (χ1v) is 4.82. The molecule has 0 saturated carbocycles. The van der Waals surface area contributed by atoms with Crippen LogP contribution in [-0.2, 0) is 0 Å². The maximum absolute atomic E-state index is 9.65. The Labute approximate surface area is 90.8 Å². The van der Waals surface area contributed by atoms with Gasteiger partial charge in [0.1, 0.15) is 17.0 Å². The Morgan fingerprint density at radius 2 is 1.50 bits per heavy atom. The highest BCUT2D eigenvalue weighted by Gasteiger charge is 2.06. The molecule has 4 heteroatoms. The number of rotatable bonds is 0. The van der Waals surface area contributed by atoms with Crippen molar-refractivity contribution in [3.05, 3.63) is 36.4 Å². The molecule has 3 aromatic rings. The maximum Gasteiger partial charge on any atom is 0.147 e. The van der Waals surface area contributed by atoms with Crippen LogP contribution in [0.15, 0.2) is 36.4 Å². The molecule has 0 saturated heterocycles. The molecule has 0 spiro atoms. The van der Waals surface area contributed by atoms with E-state index >= 15 is 0 Å². The molecule has 1 heterocycles. The van der Waals surface area contributed by atoms with Gasteiger partial charge in [-0.05, 0) is 12.1 Å². The smallest absolute Gasteiger partial charge is 0.147 e. The molecular formula is C12H8N2O2. The summed E-state index contributed by atoms with van der Waals surface area (Å²) in [4.78, 5) is 8.61. The Hall–Kier alpha value is -2.36. The van der Waals surface area contributed by atoms with Gasteiger partial charge in [0.05, 0.1) is 16.6 Å². The number of fused-ring (bicyclic) bond motifs is 2. The second-order valence-electron chi connectivity index (χ2n) is 3.54. The van der Waals surface area contributed by atoms with Crippen LogP contribution >= 0.6 is 0 Å². The Morgan fingerprint density at radius 1 is 0.812 bits per heavy atom. The Morgan fingerprint density at radius 3 is 2.25 bits per heavy atom. The minimum atomic E-state index is -0.0618. The van der Waals surface area contributed by atoms with E-state index in [0.29, 0.717) is 11.0 Å². The van der Waals surface area contributed by atoms with Crippen LogP contribution in [0.4, 0.5) is 0 Å². The van der Waals surface area contributed by atoms with E-state index in [2.05, 4.69) is 9.97 Å². The van der Waals surface area contributed by atoms with Crippen molar-refractivity contribution in [3.8, 4) is 11.5 Å². The number of benzene rings is 2. The molecule has 3 rings (SSSR count). The van der Waals surface area contributed by atoms with Crippen molar-refractivity contribution in [2.24, 2.45) is 0 Å². The maximum atomic E-state index is 9.65. The first-order chi connectivity index (χ1) is 7.74. The second kappa shape index (κ2) is 3.06. The van der Waals surface area contributed by atoms with E-state index in [1.54, 1.807) is 0 Å². The highest BCUT2D eigenvalue weighted by molar-refractivity contribution is 5.90. The van der Waals surface area contributed by atoms with Crippen LogP contribution < -0.4 is 0 Å². The van der Waals surface area contributed by atoms with Crippen molar-refractivity contribution in [1.29, 1.82) is 0 Å². The molecule has 0 unspecified atom stereocenters. The van der Waals surface area contributed by atoms with E-state index in [1.165, 1.54) is 12.1 Å². The van der Waals surface area contributed by atoms with Gasteiger partial charge < -0.3 is 10.2 Å². The fraction of sp³-hybridized carbons (Fsp3) is 0. The standard InChI is InChI=1S/C12H8N2O2/c15-7-5-10-12(11(16)6-7)14-9-4-2-1-3-8(9)13-10/h1-6,15-16H. The van der Waals surface area contributed by atoms with Crippen LogP contribution in [-0.4, -0.2) is 20.2 Å². The van der Waals surface area contributed by atoms with Crippen LogP contribution in [0.3, 0.4) is 0 Å². The molecule has 16 heavy (non-hydrogen) atoms. The molecular weight excluding hydrogens is 204 g/mol. The van der Waals surface area contributed by atoms with E-state index in [4.69, 9.17) is 0 Å². The lowest BCUT2D eigenvalue weighted by Gasteiger charge is -2.03. The summed E-state index contributed by atoms with van der Waals surface area (Å²) < 4.78 is 0. The van der Waals surface area contributed by atoms with E-state index in [0.717, 1.165) is 11.0 Å². The topological polar surface area (TPSA) is 66.2 Å². The molecule has 0 aliphatic rings. The van der Waals surface area contributed by atoms with Crippen molar-refractivity contribution in [3.63, 3.8) is 0 Å². The van der Waals surface area contributed by atoms with Crippen molar-refractivity contribution < 1.29 is 10.2 Å². The van der Waals surface area contributed by atoms with Gasteiger partial charge in [-0.1, -0.05) is 12.1 Å². The normalized spacial score (nSPS) is 11.0. The molecule has 0 amide bonds. The summed E-state index contributed by atoms with van der Waals surface area (Å²) in [7, 11) is 0. The van der Waals surface area contributed by atoms with Crippen molar-refractivity contribution in [2.75, 3.05) is 0 Å². The number of phenolic OH excluding ortho intramolecular Hbond substituents is 2. The molecule has 0 aliphatic heterocycles. The summed E-state index contributed by atoms with van der Waals surface area (Å²) in [6, 6.07) is 10.1. The van der Waals surface area contributed by atoms with Gasteiger partial charge in [-0.3, -0.25) is 0 Å². The molecule has 0 atom stereocenters. The molecule has 0 fully saturated rings. The second-order valence-corrected chi connectivity index (χ2v) is 3.54. The summed E-state index contributed by atoms with van der Waals surface area (Å²) in [5.41, 5.74) is 2.34. The lowest BCUT2D eigenvalue weighted by molar-refractivity contribution is 0.454. The van der Waals surface area contributed by atoms with E-state index in [-0.39, 0.29) is 11.5 Å². The summed E-state index contributed by atoms with van der Waals surface area (Å²) in [6.45, 7) is 0. The highest BCUT2D eigenvalue weighted by Crippen LogP contribution is 2.28. The number of nitrogens with zero attached hydrogens (tertiary/aromatic N) is 2. The van der Waals surface area contributed by atoms with Crippen LogP contribution in [0.2, 0.25) is 0 Å². The average Bonchev–Trinajstić information content (AvgIpc) is 2.27. The van der Waals surface area contributed by atoms with Gasteiger partial charge in [0.2, 0.25) is 0 Å². The van der Waals surface area contributed by atoms with Crippen LogP contribution in [0.25, 0.3) is 22.1 Å². The first kappa shape index (κ1) is 8.91.